The molecule has 0 fully saturated rings. The SMILES string of the molecule is C[C@@H](N)Cc1cn(-c2ccc(C(F)(F)F)c(Br)c2)nn1.O=C(O)C(F)(F)F. The van der Waals surface area contributed by atoms with Gasteiger partial charge in [0.05, 0.1) is 23.1 Å². The lowest BCUT2D eigenvalue weighted by Crippen LogP contribution is -2.21. The van der Waals surface area contributed by atoms with E-state index < -0.39 is 23.9 Å². The predicted molar refractivity (Wildman–Crippen MR) is 85.1 cm³/mol. The lowest BCUT2D eigenvalue weighted by Gasteiger charge is -2.10. The van der Waals surface area contributed by atoms with E-state index in [1.54, 1.807) is 6.20 Å². The molecule has 0 bridgehead atoms. The minimum absolute atomic E-state index is 0.0354. The second-order valence-electron chi connectivity index (χ2n) is 5.30. The van der Waals surface area contributed by atoms with Crippen molar-refractivity contribution in [2.75, 3.05) is 0 Å². The quantitative estimate of drug-likeness (QED) is 0.680. The number of hydrogen-bond donors (Lipinski definition) is 2. The van der Waals surface area contributed by atoms with Crippen molar-refractivity contribution >= 4 is 21.9 Å². The van der Waals surface area contributed by atoms with Gasteiger partial charge in [0.15, 0.2) is 0 Å². The van der Waals surface area contributed by atoms with Crippen molar-refractivity contribution in [3.05, 3.63) is 40.1 Å². The van der Waals surface area contributed by atoms with Gasteiger partial charge in [0.25, 0.3) is 0 Å². The first-order valence-electron chi connectivity index (χ1n) is 7.06. The molecule has 0 unspecified atom stereocenters. The summed E-state index contributed by atoms with van der Waals surface area (Å²) in [4.78, 5) is 8.90. The van der Waals surface area contributed by atoms with Gasteiger partial charge in [-0.15, -0.1) is 5.10 Å². The van der Waals surface area contributed by atoms with Gasteiger partial charge < -0.3 is 10.8 Å². The number of nitrogens with zero attached hydrogens (tertiary/aromatic N) is 3. The summed E-state index contributed by atoms with van der Waals surface area (Å²) in [5.41, 5.74) is 6.11. The van der Waals surface area contributed by atoms with Crippen LogP contribution < -0.4 is 5.73 Å². The van der Waals surface area contributed by atoms with Crippen molar-refractivity contribution in [3.8, 4) is 5.69 Å². The average molecular weight is 463 g/mol. The molecule has 0 aliphatic carbocycles. The van der Waals surface area contributed by atoms with Crippen LogP contribution in [0.25, 0.3) is 5.69 Å². The zero-order valence-electron chi connectivity index (χ0n) is 13.5. The molecule has 1 atom stereocenters. The molecule has 1 aromatic carbocycles. The van der Waals surface area contributed by atoms with Crippen LogP contribution in [0.1, 0.15) is 18.2 Å². The largest absolute Gasteiger partial charge is 0.490 e. The summed E-state index contributed by atoms with van der Waals surface area (Å²) < 4.78 is 71.1. The Bertz CT molecular complexity index is 789. The number of carboxylic acid groups (broad SMARTS) is 1. The highest BCUT2D eigenvalue weighted by Gasteiger charge is 2.38. The molecule has 27 heavy (non-hydrogen) atoms. The molecule has 1 aromatic heterocycles. The monoisotopic (exact) mass is 462 g/mol. The van der Waals surface area contributed by atoms with Gasteiger partial charge in [0, 0.05) is 16.9 Å². The van der Waals surface area contributed by atoms with Crippen LogP contribution in [0.4, 0.5) is 26.3 Å². The van der Waals surface area contributed by atoms with Crippen molar-refractivity contribution < 1.29 is 36.2 Å². The molecule has 2 rings (SSSR count). The average Bonchev–Trinajstić information content (AvgIpc) is 2.93. The third-order valence-corrected chi connectivity index (χ3v) is 3.49. The Morgan fingerprint density at radius 3 is 2.26 bits per heavy atom. The number of alkyl halides is 6. The van der Waals surface area contributed by atoms with Crippen LogP contribution in [-0.4, -0.2) is 38.3 Å². The third-order valence-electron chi connectivity index (χ3n) is 2.84. The van der Waals surface area contributed by atoms with E-state index in [1.807, 2.05) is 6.92 Å². The van der Waals surface area contributed by atoms with Crippen molar-refractivity contribution in [1.82, 2.24) is 15.0 Å². The van der Waals surface area contributed by atoms with Crippen LogP contribution in [0.15, 0.2) is 28.9 Å². The Morgan fingerprint density at radius 1 is 1.30 bits per heavy atom. The van der Waals surface area contributed by atoms with Crippen LogP contribution in [0.2, 0.25) is 0 Å². The van der Waals surface area contributed by atoms with Gasteiger partial charge in [-0.05, 0) is 25.1 Å². The van der Waals surface area contributed by atoms with Crippen LogP contribution in [-0.2, 0) is 17.4 Å². The lowest BCUT2D eigenvalue weighted by molar-refractivity contribution is -0.192. The molecular formula is C14H13BrF6N4O2. The summed E-state index contributed by atoms with van der Waals surface area (Å²) in [6, 6.07) is 3.65. The van der Waals surface area contributed by atoms with Crippen LogP contribution in [0.3, 0.4) is 0 Å². The molecular weight excluding hydrogens is 450 g/mol. The normalized spacial score (nSPS) is 12.9. The molecule has 0 saturated heterocycles. The van der Waals surface area contributed by atoms with Gasteiger partial charge in [-0.2, -0.15) is 26.3 Å². The van der Waals surface area contributed by atoms with Gasteiger partial charge in [-0.3, -0.25) is 0 Å². The Morgan fingerprint density at radius 2 is 1.85 bits per heavy atom. The van der Waals surface area contributed by atoms with Crippen molar-refractivity contribution in [1.29, 1.82) is 0 Å². The molecule has 1 heterocycles. The van der Waals surface area contributed by atoms with E-state index in [9.17, 15) is 26.3 Å². The lowest BCUT2D eigenvalue weighted by atomic mass is 10.2. The summed E-state index contributed by atoms with van der Waals surface area (Å²) in [6.45, 7) is 1.84. The highest BCUT2D eigenvalue weighted by molar-refractivity contribution is 9.10. The van der Waals surface area contributed by atoms with E-state index in [0.717, 1.165) is 6.07 Å². The second-order valence-corrected chi connectivity index (χ2v) is 6.16. The fourth-order valence-corrected chi connectivity index (χ4v) is 2.32. The number of carbonyl (C=O) groups is 1. The summed E-state index contributed by atoms with van der Waals surface area (Å²) in [5.74, 6) is -2.76. The molecule has 13 heteroatoms. The van der Waals surface area contributed by atoms with E-state index in [1.165, 1.54) is 16.8 Å². The Kier molecular flexibility index (Phi) is 7.37. The van der Waals surface area contributed by atoms with Crippen LogP contribution >= 0.6 is 15.9 Å². The number of carboxylic acids is 1. The minimum Gasteiger partial charge on any atom is -0.475 e. The van der Waals surface area contributed by atoms with Crippen molar-refractivity contribution in [2.24, 2.45) is 5.73 Å². The third kappa shape index (κ3) is 7.17. The standard InChI is InChI=1S/C12H12BrF3N4.C2HF3O2/c1-7(17)4-8-6-20(19-18-8)9-2-3-10(11(13)5-9)12(14,15)16;3-2(4,5)1(6)7/h2-3,5-7H,4,17H2,1H3;(H,6,7)/t7-;/m1./s1. The fraction of sp³-hybridized carbons (Fsp3) is 0.357. The maximum atomic E-state index is 12.7. The number of hydrogen-bond acceptors (Lipinski definition) is 4. The summed E-state index contributed by atoms with van der Waals surface area (Å²) in [7, 11) is 0. The summed E-state index contributed by atoms with van der Waals surface area (Å²) in [6.07, 6.45) is -7.26. The number of aromatic nitrogens is 3. The molecule has 0 radical (unpaired) electrons. The minimum atomic E-state index is -5.08. The highest BCUT2D eigenvalue weighted by Crippen LogP contribution is 2.35. The Hall–Kier alpha value is -2.15. The molecule has 2 aromatic rings. The van der Waals surface area contributed by atoms with Gasteiger partial charge in [-0.25, -0.2) is 9.48 Å². The van der Waals surface area contributed by atoms with Crippen LogP contribution in [0, 0.1) is 0 Å². The van der Waals surface area contributed by atoms with E-state index in [4.69, 9.17) is 15.6 Å². The molecule has 0 saturated carbocycles. The maximum Gasteiger partial charge on any atom is 0.490 e. The maximum absolute atomic E-state index is 12.7. The van der Waals surface area contributed by atoms with E-state index >= 15 is 0 Å². The first-order chi connectivity index (χ1) is 12.2. The predicted octanol–water partition coefficient (Wildman–Crippen LogP) is 3.57. The number of benzene rings is 1. The highest BCUT2D eigenvalue weighted by atomic mass is 79.9. The fourth-order valence-electron chi connectivity index (χ4n) is 1.72. The van der Waals surface area contributed by atoms with Gasteiger partial charge in [-0.1, -0.05) is 21.1 Å². The Balaban J connectivity index is 0.000000445. The number of rotatable bonds is 3. The van der Waals surface area contributed by atoms with Gasteiger partial charge >= 0.3 is 18.3 Å². The number of aliphatic carboxylic acids is 1. The van der Waals surface area contributed by atoms with Gasteiger partial charge in [0.1, 0.15) is 0 Å². The van der Waals surface area contributed by atoms with Crippen molar-refractivity contribution in [2.45, 2.75) is 31.7 Å². The molecule has 6 nitrogen and oxygen atoms in total. The number of nitrogens with two attached hydrogens (primary N) is 1. The van der Waals surface area contributed by atoms with E-state index in [0.29, 0.717) is 17.8 Å². The second kappa shape index (κ2) is 8.69. The van der Waals surface area contributed by atoms with E-state index in [-0.39, 0.29) is 10.5 Å². The van der Waals surface area contributed by atoms with Crippen molar-refractivity contribution in [3.63, 3.8) is 0 Å². The molecule has 0 aliphatic rings. The topological polar surface area (TPSA) is 94.0 Å². The number of halogens is 7. The molecule has 150 valence electrons. The first kappa shape index (κ1) is 22.9. The smallest absolute Gasteiger partial charge is 0.475 e. The summed E-state index contributed by atoms with van der Waals surface area (Å²) in [5, 5.41) is 14.9. The zero-order valence-corrected chi connectivity index (χ0v) is 15.1. The van der Waals surface area contributed by atoms with E-state index in [2.05, 4.69) is 26.2 Å². The molecule has 0 spiro atoms. The molecule has 3 N–H and O–H groups in total. The zero-order chi connectivity index (χ0) is 21.0. The van der Waals surface area contributed by atoms with Gasteiger partial charge in [0.2, 0.25) is 0 Å². The molecule has 0 amide bonds. The first-order valence-corrected chi connectivity index (χ1v) is 7.85. The van der Waals surface area contributed by atoms with Crippen LogP contribution in [0.5, 0.6) is 0 Å². The Labute approximate surface area is 157 Å². The molecule has 0 aliphatic heterocycles. The summed E-state index contributed by atoms with van der Waals surface area (Å²) >= 11 is 2.93.